The second-order valence-electron chi connectivity index (χ2n) is 8.12. The number of carbonyl (C=O) groups excluding carboxylic acids is 1. The number of hydrogen-bond donors (Lipinski definition) is 1. The van der Waals surface area contributed by atoms with Gasteiger partial charge in [-0.25, -0.2) is 8.42 Å². The number of carbonyl (C=O) groups is 1. The molecule has 1 fully saturated rings. The second-order valence-corrected chi connectivity index (χ2v) is 11.0. The SMILES string of the molecule is CC(C)(CNC(=O)C1CCCN(S(=O)(=O)c2ccc(Br)cc2)C1)c1ccccc1. The van der Waals surface area contributed by atoms with Crippen LogP contribution in [0.4, 0.5) is 0 Å². The molecule has 0 aromatic heterocycles. The van der Waals surface area contributed by atoms with Crippen LogP contribution in [0.5, 0.6) is 0 Å². The second kappa shape index (κ2) is 8.98. The van der Waals surface area contributed by atoms with Crippen molar-refractivity contribution in [1.82, 2.24) is 9.62 Å². The lowest BCUT2D eigenvalue weighted by Gasteiger charge is -2.32. The van der Waals surface area contributed by atoms with Gasteiger partial charge in [-0.1, -0.05) is 60.1 Å². The molecule has 0 bridgehead atoms. The zero-order valence-corrected chi connectivity index (χ0v) is 19.2. The maximum absolute atomic E-state index is 12.9. The van der Waals surface area contributed by atoms with E-state index in [9.17, 15) is 13.2 Å². The molecule has 0 aliphatic carbocycles. The predicted molar refractivity (Wildman–Crippen MR) is 118 cm³/mol. The van der Waals surface area contributed by atoms with E-state index in [1.54, 1.807) is 24.3 Å². The van der Waals surface area contributed by atoms with Gasteiger partial charge in [0.15, 0.2) is 0 Å². The van der Waals surface area contributed by atoms with E-state index in [-0.39, 0.29) is 28.7 Å². The number of halogens is 1. The molecule has 156 valence electrons. The van der Waals surface area contributed by atoms with Crippen molar-refractivity contribution < 1.29 is 13.2 Å². The first-order valence-corrected chi connectivity index (χ1v) is 12.0. The normalized spacial score (nSPS) is 18.4. The summed E-state index contributed by atoms with van der Waals surface area (Å²) in [7, 11) is -3.60. The number of sulfonamides is 1. The molecular formula is C22H27BrN2O3S. The largest absolute Gasteiger partial charge is 0.355 e. The van der Waals surface area contributed by atoms with E-state index in [0.29, 0.717) is 25.9 Å². The first-order valence-electron chi connectivity index (χ1n) is 9.79. The summed E-state index contributed by atoms with van der Waals surface area (Å²) in [5.74, 6) is -0.412. The van der Waals surface area contributed by atoms with Gasteiger partial charge in [0, 0.05) is 29.5 Å². The molecule has 1 heterocycles. The van der Waals surface area contributed by atoms with Crippen molar-refractivity contribution in [1.29, 1.82) is 0 Å². The fourth-order valence-corrected chi connectivity index (χ4v) is 5.36. The minimum Gasteiger partial charge on any atom is -0.355 e. The molecule has 1 atom stereocenters. The third kappa shape index (κ3) is 5.27. The molecule has 0 saturated carbocycles. The molecule has 1 aliphatic heterocycles. The van der Waals surface area contributed by atoms with E-state index < -0.39 is 10.0 Å². The molecule has 5 nitrogen and oxygen atoms in total. The first kappa shape index (κ1) is 22.0. The molecule has 1 saturated heterocycles. The maximum Gasteiger partial charge on any atom is 0.243 e. The van der Waals surface area contributed by atoms with Gasteiger partial charge in [0.2, 0.25) is 15.9 Å². The molecule has 29 heavy (non-hydrogen) atoms. The fourth-order valence-electron chi connectivity index (χ4n) is 3.57. The van der Waals surface area contributed by atoms with Crippen LogP contribution in [-0.4, -0.2) is 38.3 Å². The topological polar surface area (TPSA) is 66.5 Å². The van der Waals surface area contributed by atoms with Gasteiger partial charge >= 0.3 is 0 Å². The minimum absolute atomic E-state index is 0.0790. The summed E-state index contributed by atoms with van der Waals surface area (Å²) < 4.78 is 28.2. The Morgan fingerprint density at radius 1 is 1.14 bits per heavy atom. The van der Waals surface area contributed by atoms with E-state index in [4.69, 9.17) is 0 Å². The van der Waals surface area contributed by atoms with Crippen molar-refractivity contribution in [2.45, 2.75) is 37.0 Å². The Bertz CT molecular complexity index is 944. The molecule has 7 heteroatoms. The van der Waals surface area contributed by atoms with Crippen LogP contribution in [0.2, 0.25) is 0 Å². The molecule has 2 aromatic carbocycles. The first-order chi connectivity index (χ1) is 13.7. The van der Waals surface area contributed by atoms with Crippen LogP contribution >= 0.6 is 15.9 Å². The highest BCUT2D eigenvalue weighted by Crippen LogP contribution is 2.26. The lowest BCUT2D eigenvalue weighted by atomic mass is 9.84. The lowest BCUT2D eigenvalue weighted by molar-refractivity contribution is -0.126. The minimum atomic E-state index is -3.60. The number of amides is 1. The number of nitrogens with one attached hydrogen (secondary N) is 1. The Morgan fingerprint density at radius 2 is 1.79 bits per heavy atom. The Balaban J connectivity index is 1.64. The summed E-state index contributed by atoms with van der Waals surface area (Å²) in [5.41, 5.74) is 0.956. The third-order valence-electron chi connectivity index (χ3n) is 5.47. The van der Waals surface area contributed by atoms with Crippen LogP contribution in [0.1, 0.15) is 32.3 Å². The Hall–Kier alpha value is -1.70. The van der Waals surface area contributed by atoms with Crippen LogP contribution in [0.25, 0.3) is 0 Å². The fraction of sp³-hybridized carbons (Fsp3) is 0.409. The van der Waals surface area contributed by atoms with E-state index in [2.05, 4.69) is 47.2 Å². The molecule has 1 amide bonds. The summed E-state index contributed by atoms with van der Waals surface area (Å²) >= 11 is 3.33. The lowest BCUT2D eigenvalue weighted by Crippen LogP contribution is -2.47. The predicted octanol–water partition coefficient (Wildman–Crippen LogP) is 3.94. The van der Waals surface area contributed by atoms with Crippen LogP contribution in [0.3, 0.4) is 0 Å². The van der Waals surface area contributed by atoms with Crippen molar-refractivity contribution in [2.75, 3.05) is 19.6 Å². The highest BCUT2D eigenvalue weighted by atomic mass is 79.9. The van der Waals surface area contributed by atoms with Gasteiger partial charge in [-0.05, 0) is 42.7 Å². The summed E-state index contributed by atoms with van der Waals surface area (Å²) in [4.78, 5) is 13.0. The average Bonchev–Trinajstić information content (AvgIpc) is 2.73. The van der Waals surface area contributed by atoms with Crippen LogP contribution in [-0.2, 0) is 20.2 Å². The molecular weight excluding hydrogens is 452 g/mol. The molecule has 3 rings (SSSR count). The average molecular weight is 479 g/mol. The maximum atomic E-state index is 12.9. The van der Waals surface area contributed by atoms with Crippen molar-refractivity contribution in [3.05, 3.63) is 64.6 Å². The number of hydrogen-bond acceptors (Lipinski definition) is 3. The highest BCUT2D eigenvalue weighted by molar-refractivity contribution is 9.10. The van der Waals surface area contributed by atoms with Crippen molar-refractivity contribution in [3.8, 4) is 0 Å². The Labute approximate surface area is 181 Å². The van der Waals surface area contributed by atoms with Crippen LogP contribution in [0, 0.1) is 5.92 Å². The summed E-state index contributed by atoms with van der Waals surface area (Å²) in [5, 5.41) is 3.04. The number of piperidine rings is 1. The third-order valence-corrected chi connectivity index (χ3v) is 7.87. The molecule has 1 unspecified atom stereocenters. The van der Waals surface area contributed by atoms with Crippen molar-refractivity contribution in [3.63, 3.8) is 0 Å². The highest BCUT2D eigenvalue weighted by Gasteiger charge is 2.34. The van der Waals surface area contributed by atoms with Gasteiger partial charge in [0.25, 0.3) is 0 Å². The van der Waals surface area contributed by atoms with Crippen molar-refractivity contribution in [2.24, 2.45) is 5.92 Å². The van der Waals surface area contributed by atoms with E-state index in [0.717, 1.165) is 10.0 Å². The monoisotopic (exact) mass is 478 g/mol. The molecule has 1 aliphatic rings. The molecule has 0 spiro atoms. The van der Waals surface area contributed by atoms with Gasteiger partial charge < -0.3 is 5.32 Å². The quantitative estimate of drug-likeness (QED) is 0.683. The standard InChI is InChI=1S/C22H27BrN2O3S/c1-22(2,18-8-4-3-5-9-18)16-24-21(26)17-7-6-14-25(15-17)29(27,28)20-12-10-19(23)11-13-20/h3-5,8-13,17H,6-7,14-16H2,1-2H3,(H,24,26). The zero-order valence-electron chi connectivity index (χ0n) is 16.8. The van der Waals surface area contributed by atoms with Gasteiger partial charge in [-0.15, -0.1) is 0 Å². The van der Waals surface area contributed by atoms with E-state index >= 15 is 0 Å². The molecule has 0 radical (unpaired) electrons. The van der Waals surface area contributed by atoms with Gasteiger partial charge in [-0.3, -0.25) is 4.79 Å². The summed E-state index contributed by atoms with van der Waals surface area (Å²) in [6.45, 7) is 5.35. The summed E-state index contributed by atoms with van der Waals surface area (Å²) in [6.07, 6.45) is 1.37. The van der Waals surface area contributed by atoms with Crippen LogP contribution < -0.4 is 5.32 Å². The smallest absolute Gasteiger partial charge is 0.243 e. The zero-order chi connectivity index (χ0) is 21.1. The molecule has 2 aromatic rings. The van der Waals surface area contributed by atoms with Gasteiger partial charge in [0.1, 0.15) is 0 Å². The number of benzene rings is 2. The van der Waals surface area contributed by atoms with Gasteiger partial charge in [-0.2, -0.15) is 4.31 Å². The molecule has 1 N–H and O–H groups in total. The van der Waals surface area contributed by atoms with Crippen LogP contribution in [0.15, 0.2) is 64.0 Å². The van der Waals surface area contributed by atoms with E-state index in [1.807, 2.05) is 18.2 Å². The Morgan fingerprint density at radius 3 is 2.45 bits per heavy atom. The number of rotatable bonds is 6. The van der Waals surface area contributed by atoms with Gasteiger partial charge in [0.05, 0.1) is 10.8 Å². The summed E-state index contributed by atoms with van der Waals surface area (Å²) in [6, 6.07) is 16.7. The Kier molecular flexibility index (Phi) is 6.81. The number of nitrogens with zero attached hydrogens (tertiary/aromatic N) is 1. The van der Waals surface area contributed by atoms with E-state index in [1.165, 1.54) is 4.31 Å². The van der Waals surface area contributed by atoms with Crippen molar-refractivity contribution >= 4 is 31.9 Å².